The number of methoxy groups -OCH3 is 2. The fourth-order valence-electron chi connectivity index (χ4n) is 2.63. The number of hydrogen-bond acceptors (Lipinski definition) is 4. The number of halogens is 2. The van der Waals surface area contributed by atoms with Crippen molar-refractivity contribution < 1.29 is 19.0 Å². The second kappa shape index (κ2) is 12.4. The summed E-state index contributed by atoms with van der Waals surface area (Å²) in [6, 6.07) is 10.5. The molecule has 0 aliphatic heterocycles. The Morgan fingerprint density at radius 3 is 2.39 bits per heavy atom. The molecule has 0 radical (unpaired) electrons. The van der Waals surface area contributed by atoms with Gasteiger partial charge in [0.1, 0.15) is 5.82 Å². The molecule has 0 fully saturated rings. The smallest absolute Gasteiger partial charge is 0.191 e. The van der Waals surface area contributed by atoms with Crippen LogP contribution < -0.4 is 20.1 Å². The quantitative estimate of drug-likeness (QED) is 0.294. The zero-order valence-corrected chi connectivity index (χ0v) is 18.6. The zero-order valence-electron chi connectivity index (χ0n) is 16.3. The van der Waals surface area contributed by atoms with Crippen molar-refractivity contribution in [3.8, 4) is 11.5 Å². The molecular formula is C20H27FIN3O3. The number of benzene rings is 2. The predicted octanol–water partition coefficient (Wildman–Crippen LogP) is 2.86. The Labute approximate surface area is 182 Å². The molecule has 3 N–H and O–H groups in total. The van der Waals surface area contributed by atoms with E-state index in [1.165, 1.54) is 6.07 Å². The molecule has 0 atom stereocenters. The number of hydrogen-bond donors (Lipinski definition) is 3. The molecular weight excluding hydrogens is 476 g/mol. The van der Waals surface area contributed by atoms with Gasteiger partial charge in [0.05, 0.1) is 20.8 Å². The molecule has 0 unspecified atom stereocenters. The molecule has 0 aliphatic rings. The lowest BCUT2D eigenvalue weighted by molar-refractivity contribution is 0.275. The maximum absolute atomic E-state index is 13.4. The molecule has 0 saturated heterocycles. The molecule has 2 rings (SSSR count). The molecule has 154 valence electrons. The summed E-state index contributed by atoms with van der Waals surface area (Å²) in [4.78, 5) is 4.18. The highest BCUT2D eigenvalue weighted by Gasteiger charge is 2.06. The minimum absolute atomic E-state index is 0. The minimum Gasteiger partial charge on any atom is -0.493 e. The van der Waals surface area contributed by atoms with Crippen LogP contribution in [-0.2, 0) is 19.6 Å². The summed E-state index contributed by atoms with van der Waals surface area (Å²) in [5, 5.41) is 15.6. The van der Waals surface area contributed by atoms with Crippen LogP contribution in [0.3, 0.4) is 0 Å². The highest BCUT2D eigenvalue weighted by Crippen LogP contribution is 2.27. The average Bonchev–Trinajstić information content (AvgIpc) is 2.71. The van der Waals surface area contributed by atoms with Crippen LogP contribution in [0.5, 0.6) is 11.5 Å². The third-order valence-electron chi connectivity index (χ3n) is 4.12. The molecule has 0 heterocycles. The Balaban J connectivity index is 0.00000392. The average molecular weight is 503 g/mol. The van der Waals surface area contributed by atoms with Gasteiger partial charge in [0.15, 0.2) is 17.5 Å². The van der Waals surface area contributed by atoms with Gasteiger partial charge in [-0.2, -0.15) is 0 Å². The fourth-order valence-corrected chi connectivity index (χ4v) is 2.63. The second-order valence-electron chi connectivity index (χ2n) is 5.88. The monoisotopic (exact) mass is 503 g/mol. The summed E-state index contributed by atoms with van der Waals surface area (Å²) < 4.78 is 24.0. The van der Waals surface area contributed by atoms with Gasteiger partial charge < -0.3 is 25.2 Å². The first-order chi connectivity index (χ1) is 13.1. The van der Waals surface area contributed by atoms with Crippen LogP contribution in [0, 0.1) is 5.82 Å². The first kappa shape index (κ1) is 24.0. The predicted molar refractivity (Wildman–Crippen MR) is 119 cm³/mol. The number of guanidine groups is 1. The van der Waals surface area contributed by atoms with Crippen molar-refractivity contribution in [2.75, 3.05) is 27.8 Å². The maximum Gasteiger partial charge on any atom is 0.191 e. The SMILES string of the molecule is CN=C(NCCc1ccc(OC)c(OC)c1)NCc1ccc(F)c(CO)c1.I. The molecule has 0 aliphatic carbocycles. The van der Waals surface area contributed by atoms with Gasteiger partial charge in [-0.1, -0.05) is 12.1 Å². The molecule has 0 aromatic heterocycles. The largest absolute Gasteiger partial charge is 0.493 e. The van der Waals surface area contributed by atoms with Crippen LogP contribution in [0.25, 0.3) is 0 Å². The molecule has 0 amide bonds. The number of nitrogens with one attached hydrogen (secondary N) is 2. The first-order valence-corrected chi connectivity index (χ1v) is 8.64. The molecule has 0 bridgehead atoms. The lowest BCUT2D eigenvalue weighted by Crippen LogP contribution is -2.37. The Morgan fingerprint density at radius 1 is 1.04 bits per heavy atom. The Bertz CT molecular complexity index is 787. The summed E-state index contributed by atoms with van der Waals surface area (Å²) in [7, 11) is 4.91. The van der Waals surface area contributed by atoms with Crippen molar-refractivity contribution in [3.05, 3.63) is 58.9 Å². The van der Waals surface area contributed by atoms with Crippen molar-refractivity contribution in [2.24, 2.45) is 4.99 Å². The lowest BCUT2D eigenvalue weighted by Gasteiger charge is -2.13. The fraction of sp³-hybridized carbons (Fsp3) is 0.350. The van der Waals surface area contributed by atoms with Crippen LogP contribution in [0.15, 0.2) is 41.4 Å². The molecule has 6 nitrogen and oxygen atoms in total. The van der Waals surface area contributed by atoms with E-state index in [2.05, 4.69) is 15.6 Å². The molecule has 2 aromatic rings. The topological polar surface area (TPSA) is 75.1 Å². The molecule has 0 spiro atoms. The second-order valence-corrected chi connectivity index (χ2v) is 5.88. The third kappa shape index (κ3) is 6.83. The molecule has 2 aromatic carbocycles. The summed E-state index contributed by atoms with van der Waals surface area (Å²) in [5.41, 5.74) is 2.26. The van der Waals surface area contributed by atoms with E-state index in [9.17, 15) is 4.39 Å². The van der Waals surface area contributed by atoms with E-state index >= 15 is 0 Å². The van der Waals surface area contributed by atoms with Gasteiger partial charge in [0.2, 0.25) is 0 Å². The van der Waals surface area contributed by atoms with Crippen LogP contribution >= 0.6 is 24.0 Å². The molecule has 0 saturated carbocycles. The number of aliphatic imine (C=N–C) groups is 1. The van der Waals surface area contributed by atoms with E-state index in [-0.39, 0.29) is 36.1 Å². The number of rotatable bonds is 8. The summed E-state index contributed by atoms with van der Waals surface area (Å²) in [6.45, 7) is 0.835. The number of aliphatic hydroxyl groups excluding tert-OH is 1. The first-order valence-electron chi connectivity index (χ1n) is 8.64. The van der Waals surface area contributed by atoms with Crippen molar-refractivity contribution in [1.29, 1.82) is 0 Å². The van der Waals surface area contributed by atoms with Crippen molar-refractivity contribution in [1.82, 2.24) is 10.6 Å². The van der Waals surface area contributed by atoms with Gasteiger partial charge in [-0.3, -0.25) is 4.99 Å². The van der Waals surface area contributed by atoms with Crippen LogP contribution in [0.4, 0.5) is 4.39 Å². The van der Waals surface area contributed by atoms with Gasteiger partial charge in [0, 0.05) is 25.7 Å². The van der Waals surface area contributed by atoms with Crippen molar-refractivity contribution in [2.45, 2.75) is 19.6 Å². The zero-order chi connectivity index (χ0) is 19.6. The van der Waals surface area contributed by atoms with E-state index in [1.54, 1.807) is 33.4 Å². The summed E-state index contributed by atoms with van der Waals surface area (Å²) in [5.74, 6) is 1.64. The van der Waals surface area contributed by atoms with Crippen LogP contribution in [-0.4, -0.2) is 38.9 Å². The molecule has 8 heteroatoms. The van der Waals surface area contributed by atoms with Gasteiger partial charge >= 0.3 is 0 Å². The maximum atomic E-state index is 13.4. The Morgan fingerprint density at radius 2 is 1.75 bits per heavy atom. The van der Waals surface area contributed by atoms with E-state index < -0.39 is 5.82 Å². The van der Waals surface area contributed by atoms with Gasteiger partial charge in [-0.15, -0.1) is 24.0 Å². The number of nitrogens with zero attached hydrogens (tertiary/aromatic N) is 1. The van der Waals surface area contributed by atoms with Gasteiger partial charge in [-0.25, -0.2) is 4.39 Å². The van der Waals surface area contributed by atoms with E-state index in [0.29, 0.717) is 30.5 Å². The van der Waals surface area contributed by atoms with Crippen molar-refractivity contribution >= 4 is 29.9 Å². The highest BCUT2D eigenvalue weighted by atomic mass is 127. The van der Waals surface area contributed by atoms with Crippen LogP contribution in [0.1, 0.15) is 16.7 Å². The standard InChI is InChI=1S/C20H26FN3O3.HI/c1-22-20(24-12-15-4-6-17(21)16(10-15)13-25)23-9-8-14-5-7-18(26-2)19(11-14)27-3;/h4-7,10-11,25H,8-9,12-13H2,1-3H3,(H2,22,23,24);1H. The normalized spacial score (nSPS) is 10.8. The number of aliphatic hydroxyl groups is 1. The molecule has 28 heavy (non-hydrogen) atoms. The highest BCUT2D eigenvalue weighted by molar-refractivity contribution is 14.0. The summed E-state index contributed by atoms with van der Waals surface area (Å²) in [6.07, 6.45) is 0.784. The van der Waals surface area contributed by atoms with E-state index in [0.717, 1.165) is 17.5 Å². The van der Waals surface area contributed by atoms with Gasteiger partial charge in [0.25, 0.3) is 0 Å². The van der Waals surface area contributed by atoms with Gasteiger partial charge in [-0.05, 0) is 41.8 Å². The lowest BCUT2D eigenvalue weighted by atomic mass is 10.1. The van der Waals surface area contributed by atoms with Crippen molar-refractivity contribution in [3.63, 3.8) is 0 Å². The Kier molecular flexibility index (Phi) is 10.6. The van der Waals surface area contributed by atoms with E-state index in [1.807, 2.05) is 18.2 Å². The van der Waals surface area contributed by atoms with E-state index in [4.69, 9.17) is 14.6 Å². The Hall–Kier alpha value is -2.07. The number of ether oxygens (including phenoxy) is 2. The third-order valence-corrected chi connectivity index (χ3v) is 4.12. The van der Waals surface area contributed by atoms with Crippen LogP contribution in [0.2, 0.25) is 0 Å². The summed E-state index contributed by atoms with van der Waals surface area (Å²) >= 11 is 0. The minimum atomic E-state index is -0.404.